The van der Waals surface area contributed by atoms with Crippen molar-refractivity contribution < 1.29 is 18.7 Å². The van der Waals surface area contributed by atoms with Crippen molar-refractivity contribution in [3.8, 4) is 11.4 Å². The Labute approximate surface area is 200 Å². The maximum atomic E-state index is 14.4. The van der Waals surface area contributed by atoms with Gasteiger partial charge >= 0.3 is 6.09 Å². The first-order valence-electron chi connectivity index (χ1n) is 11.2. The van der Waals surface area contributed by atoms with Crippen molar-refractivity contribution >= 4 is 6.09 Å². The Morgan fingerprint density at radius 2 is 1.91 bits per heavy atom. The van der Waals surface area contributed by atoms with E-state index in [-0.39, 0.29) is 31.1 Å². The van der Waals surface area contributed by atoms with Gasteiger partial charge < -0.3 is 14.4 Å². The average molecular weight is 478 g/mol. The third-order valence-electron chi connectivity index (χ3n) is 5.71. The molecule has 11 nitrogen and oxygen atoms in total. The van der Waals surface area contributed by atoms with Gasteiger partial charge in [-0.1, -0.05) is 30.3 Å². The van der Waals surface area contributed by atoms with Gasteiger partial charge in [-0.2, -0.15) is 15.0 Å². The van der Waals surface area contributed by atoms with Crippen LogP contribution in [0.1, 0.15) is 30.1 Å². The van der Waals surface area contributed by atoms with Gasteiger partial charge in [-0.05, 0) is 41.0 Å². The first-order valence-corrected chi connectivity index (χ1v) is 11.2. The number of carbonyl (C=O) groups is 1. The van der Waals surface area contributed by atoms with Gasteiger partial charge in [0.15, 0.2) is 11.6 Å². The SMILES string of the molecule is O=C(OCc1ccccc1)N1CCC(n2ncc(COc3ccc(-n4cnnn4)cc3F)n2)CC1. The Morgan fingerprint density at radius 1 is 1.09 bits per heavy atom. The smallest absolute Gasteiger partial charge is 0.410 e. The van der Waals surface area contributed by atoms with Gasteiger partial charge in [-0.15, -0.1) is 5.10 Å². The largest absolute Gasteiger partial charge is 0.484 e. The summed E-state index contributed by atoms with van der Waals surface area (Å²) in [7, 11) is 0. The van der Waals surface area contributed by atoms with Crippen LogP contribution in [0.3, 0.4) is 0 Å². The number of carbonyl (C=O) groups excluding carboxylic acids is 1. The van der Waals surface area contributed by atoms with Crippen LogP contribution in [0.5, 0.6) is 5.75 Å². The first-order chi connectivity index (χ1) is 17.2. The quantitative estimate of drug-likeness (QED) is 0.398. The van der Waals surface area contributed by atoms with E-state index in [1.165, 1.54) is 23.1 Å². The molecule has 1 amide bonds. The van der Waals surface area contributed by atoms with E-state index in [9.17, 15) is 9.18 Å². The van der Waals surface area contributed by atoms with Crippen molar-refractivity contribution in [1.29, 1.82) is 0 Å². The van der Waals surface area contributed by atoms with Gasteiger partial charge in [0.2, 0.25) is 0 Å². The van der Waals surface area contributed by atoms with Gasteiger partial charge in [-0.3, -0.25) is 0 Å². The lowest BCUT2D eigenvalue weighted by atomic mass is 10.1. The molecule has 1 fully saturated rings. The molecular weight excluding hydrogens is 455 g/mol. The van der Waals surface area contributed by atoms with Crippen molar-refractivity contribution in [2.45, 2.75) is 32.1 Å². The fraction of sp³-hybridized carbons (Fsp3) is 0.304. The van der Waals surface area contributed by atoms with E-state index in [4.69, 9.17) is 9.47 Å². The summed E-state index contributed by atoms with van der Waals surface area (Å²) in [5.41, 5.74) is 2.02. The Hall–Kier alpha value is -4.35. The number of amides is 1. The van der Waals surface area contributed by atoms with Crippen molar-refractivity contribution in [3.63, 3.8) is 0 Å². The summed E-state index contributed by atoms with van der Waals surface area (Å²) in [5.74, 6) is -0.435. The zero-order valence-electron chi connectivity index (χ0n) is 18.8. The van der Waals surface area contributed by atoms with Crippen LogP contribution in [0, 0.1) is 5.82 Å². The molecule has 1 aliphatic heterocycles. The van der Waals surface area contributed by atoms with Crippen LogP contribution in [0.4, 0.5) is 9.18 Å². The normalized spacial score (nSPS) is 14.1. The van der Waals surface area contributed by atoms with E-state index >= 15 is 0 Å². The molecule has 0 spiro atoms. The van der Waals surface area contributed by atoms with Crippen LogP contribution < -0.4 is 4.74 Å². The molecule has 0 aliphatic carbocycles. The third kappa shape index (κ3) is 5.42. The highest BCUT2D eigenvalue weighted by molar-refractivity contribution is 5.67. The third-order valence-corrected chi connectivity index (χ3v) is 5.71. The highest BCUT2D eigenvalue weighted by atomic mass is 19.1. The lowest BCUT2D eigenvalue weighted by molar-refractivity contribution is 0.0807. The van der Waals surface area contributed by atoms with Crippen molar-refractivity contribution in [2.24, 2.45) is 0 Å². The summed E-state index contributed by atoms with van der Waals surface area (Å²) in [5, 5.41) is 19.6. The minimum atomic E-state index is -0.531. The molecule has 35 heavy (non-hydrogen) atoms. The zero-order chi connectivity index (χ0) is 24.0. The number of halogens is 1. The number of benzene rings is 2. The monoisotopic (exact) mass is 478 g/mol. The molecule has 3 heterocycles. The summed E-state index contributed by atoms with van der Waals surface area (Å²) in [4.78, 5) is 15.7. The molecule has 5 rings (SSSR count). The number of nitrogens with zero attached hydrogens (tertiary/aromatic N) is 8. The van der Waals surface area contributed by atoms with Crippen molar-refractivity contribution in [1.82, 2.24) is 40.1 Å². The maximum Gasteiger partial charge on any atom is 0.410 e. The van der Waals surface area contributed by atoms with E-state index in [2.05, 4.69) is 25.7 Å². The van der Waals surface area contributed by atoms with Crippen molar-refractivity contribution in [3.05, 3.63) is 78.1 Å². The summed E-state index contributed by atoms with van der Waals surface area (Å²) < 4.78 is 26.8. The van der Waals surface area contributed by atoms with E-state index in [1.54, 1.807) is 22.0 Å². The molecule has 4 aromatic rings. The van der Waals surface area contributed by atoms with Crippen LogP contribution in [0.25, 0.3) is 5.69 Å². The lowest BCUT2D eigenvalue weighted by Crippen LogP contribution is -2.39. The second-order valence-corrected chi connectivity index (χ2v) is 8.07. The molecule has 180 valence electrons. The van der Waals surface area contributed by atoms with E-state index in [0.29, 0.717) is 37.3 Å². The van der Waals surface area contributed by atoms with Crippen LogP contribution in [-0.4, -0.2) is 59.3 Å². The van der Waals surface area contributed by atoms with Gasteiger partial charge in [0, 0.05) is 19.2 Å². The molecule has 2 aromatic heterocycles. The Kier molecular flexibility index (Phi) is 6.59. The Balaban J connectivity index is 1.10. The summed E-state index contributed by atoms with van der Waals surface area (Å²) in [6.45, 7) is 1.45. The number of ether oxygens (including phenoxy) is 2. The molecule has 12 heteroatoms. The number of aromatic nitrogens is 7. The number of likely N-dealkylation sites (tertiary alicyclic amines) is 1. The van der Waals surface area contributed by atoms with E-state index in [0.717, 1.165) is 5.56 Å². The molecule has 0 radical (unpaired) electrons. The lowest BCUT2D eigenvalue weighted by Gasteiger charge is -2.30. The number of piperidine rings is 1. The maximum absolute atomic E-state index is 14.4. The predicted octanol–water partition coefficient (Wildman–Crippen LogP) is 2.95. The first kappa shape index (κ1) is 22.4. The van der Waals surface area contributed by atoms with Crippen molar-refractivity contribution in [2.75, 3.05) is 13.1 Å². The average Bonchev–Trinajstić information content (AvgIpc) is 3.60. The standard InChI is InChI=1S/C23H23FN8O3/c24-21-12-20(31-16-25-28-29-31)6-7-22(21)34-15-18-13-26-32(27-18)19-8-10-30(11-9-19)23(33)35-14-17-4-2-1-3-5-17/h1-7,12-13,16,19H,8-11,14-15H2. The number of hydrogen-bond acceptors (Lipinski definition) is 8. The fourth-order valence-corrected chi connectivity index (χ4v) is 3.82. The highest BCUT2D eigenvalue weighted by Crippen LogP contribution is 2.23. The molecular formula is C23H23FN8O3. The topological polar surface area (TPSA) is 113 Å². The number of hydrogen-bond donors (Lipinski definition) is 0. The van der Waals surface area contributed by atoms with Crippen LogP contribution in [0.2, 0.25) is 0 Å². The Morgan fingerprint density at radius 3 is 2.66 bits per heavy atom. The van der Waals surface area contributed by atoms with Crippen LogP contribution in [0.15, 0.2) is 61.1 Å². The molecule has 0 bridgehead atoms. The fourth-order valence-electron chi connectivity index (χ4n) is 3.82. The summed E-state index contributed by atoms with van der Waals surface area (Å²) in [6, 6.07) is 14.1. The van der Waals surface area contributed by atoms with Gasteiger partial charge in [0.1, 0.15) is 25.2 Å². The second kappa shape index (κ2) is 10.3. The van der Waals surface area contributed by atoms with E-state index < -0.39 is 5.82 Å². The predicted molar refractivity (Wildman–Crippen MR) is 120 cm³/mol. The highest BCUT2D eigenvalue weighted by Gasteiger charge is 2.26. The Bertz CT molecular complexity index is 1260. The molecule has 0 saturated carbocycles. The summed E-state index contributed by atoms with van der Waals surface area (Å²) >= 11 is 0. The second-order valence-electron chi connectivity index (χ2n) is 8.07. The number of tetrazole rings is 1. The van der Waals surface area contributed by atoms with Gasteiger partial charge in [0.25, 0.3) is 0 Å². The zero-order valence-corrected chi connectivity index (χ0v) is 18.8. The molecule has 0 unspecified atom stereocenters. The van der Waals surface area contributed by atoms with Gasteiger partial charge in [-0.25, -0.2) is 13.9 Å². The minimum absolute atomic E-state index is 0.0641. The van der Waals surface area contributed by atoms with Crippen LogP contribution in [-0.2, 0) is 18.0 Å². The van der Waals surface area contributed by atoms with Crippen LogP contribution >= 0.6 is 0 Å². The molecule has 0 atom stereocenters. The molecule has 1 aliphatic rings. The van der Waals surface area contributed by atoms with Gasteiger partial charge in [0.05, 0.1) is 17.9 Å². The van der Waals surface area contributed by atoms with E-state index in [1.807, 2.05) is 30.3 Å². The minimum Gasteiger partial charge on any atom is -0.484 e. The molecule has 2 aromatic carbocycles. The number of rotatable bonds is 7. The summed E-state index contributed by atoms with van der Waals surface area (Å²) in [6.07, 6.45) is 4.09. The molecule has 1 saturated heterocycles. The molecule has 0 N–H and O–H groups in total.